The van der Waals surface area contributed by atoms with E-state index in [1.54, 1.807) is 9.80 Å². The number of carbonyl (C=O) groups excluding carboxylic acids is 2. The molecule has 1 atom stereocenters. The Bertz CT molecular complexity index is 1090. The number of amides is 2. The van der Waals surface area contributed by atoms with Crippen molar-refractivity contribution in [2.24, 2.45) is 14.1 Å². The number of aryl methyl sites for hydroxylation is 1. The number of ether oxygens (including phenoxy) is 1. The molecule has 2 aliphatic heterocycles. The molecule has 0 aromatic carbocycles. The first-order valence-corrected chi connectivity index (χ1v) is 9.65. The van der Waals surface area contributed by atoms with Crippen molar-refractivity contribution in [3.05, 3.63) is 38.7 Å². The average Bonchev–Trinajstić information content (AvgIpc) is 3.30. The second-order valence-electron chi connectivity index (χ2n) is 7.39. The normalized spacial score (nSPS) is 19.7. The number of hydrogen-bond donors (Lipinski definition) is 0. The van der Waals surface area contributed by atoms with Gasteiger partial charge in [0.15, 0.2) is 0 Å². The van der Waals surface area contributed by atoms with Crippen LogP contribution >= 0.6 is 0 Å². The van der Waals surface area contributed by atoms with Gasteiger partial charge in [-0.3, -0.25) is 23.5 Å². The van der Waals surface area contributed by atoms with Crippen LogP contribution in [0.4, 0.5) is 0 Å². The summed E-state index contributed by atoms with van der Waals surface area (Å²) in [6, 6.07) is 3.02. The number of fused-ring (bicyclic) bond motifs is 1. The van der Waals surface area contributed by atoms with Crippen LogP contribution in [0.5, 0.6) is 0 Å². The first kappa shape index (κ1) is 19.3. The van der Waals surface area contributed by atoms with Crippen molar-refractivity contribution in [2.45, 2.75) is 18.9 Å². The van der Waals surface area contributed by atoms with Gasteiger partial charge in [0, 0.05) is 46.9 Å². The van der Waals surface area contributed by atoms with E-state index in [0.717, 1.165) is 17.4 Å². The molecule has 0 spiro atoms. The van der Waals surface area contributed by atoms with Gasteiger partial charge in [0.1, 0.15) is 17.4 Å². The molecule has 2 amide bonds. The monoisotopic (exact) mass is 401 g/mol. The Hall–Kier alpha value is -3.01. The van der Waals surface area contributed by atoms with E-state index >= 15 is 0 Å². The van der Waals surface area contributed by atoms with Gasteiger partial charge in [0.25, 0.3) is 17.4 Å². The van der Waals surface area contributed by atoms with Crippen LogP contribution in [0.15, 0.2) is 21.7 Å². The minimum Gasteiger partial charge on any atom is -0.368 e. The van der Waals surface area contributed by atoms with Crippen LogP contribution in [0.2, 0.25) is 0 Å². The van der Waals surface area contributed by atoms with Crippen molar-refractivity contribution in [1.82, 2.24) is 23.9 Å². The molecule has 2 aromatic rings. The van der Waals surface area contributed by atoms with E-state index in [0.29, 0.717) is 32.8 Å². The maximum atomic E-state index is 12.9. The molecule has 2 saturated heterocycles. The van der Waals surface area contributed by atoms with Gasteiger partial charge in [-0.05, 0) is 25.0 Å². The number of carbonyl (C=O) groups is 2. The van der Waals surface area contributed by atoms with Crippen molar-refractivity contribution in [3.63, 3.8) is 0 Å². The summed E-state index contributed by atoms with van der Waals surface area (Å²) in [5, 5.41) is 0.276. The molecular weight excluding hydrogens is 378 g/mol. The molecular formula is C19H23N5O5. The Labute approximate surface area is 166 Å². The zero-order valence-corrected chi connectivity index (χ0v) is 16.5. The van der Waals surface area contributed by atoms with E-state index in [1.807, 2.05) is 0 Å². The van der Waals surface area contributed by atoms with Crippen molar-refractivity contribution in [1.29, 1.82) is 0 Å². The predicted octanol–water partition coefficient (Wildman–Crippen LogP) is -0.904. The molecule has 0 N–H and O–H groups in total. The standard InChI is InChI=1S/C19H23N5O5/c1-21-15-12(16(25)22(2)19(21)28)5-6-13(20-15)17(26)23-7-9-24(10-8-23)18(27)14-4-3-11-29-14/h5-6,14H,3-4,7-11H2,1-2H3. The van der Waals surface area contributed by atoms with Crippen LogP contribution in [0.1, 0.15) is 23.3 Å². The Balaban J connectivity index is 1.52. The number of rotatable bonds is 2. The van der Waals surface area contributed by atoms with Crippen molar-refractivity contribution in [2.75, 3.05) is 32.8 Å². The summed E-state index contributed by atoms with van der Waals surface area (Å²) in [4.78, 5) is 57.4. The summed E-state index contributed by atoms with van der Waals surface area (Å²) < 4.78 is 7.72. The lowest BCUT2D eigenvalue weighted by molar-refractivity contribution is -0.142. The largest absolute Gasteiger partial charge is 0.368 e. The molecule has 0 radical (unpaired) electrons. The Kier molecular flexibility index (Phi) is 4.95. The van der Waals surface area contributed by atoms with Crippen LogP contribution in [0, 0.1) is 0 Å². The summed E-state index contributed by atoms with van der Waals surface area (Å²) >= 11 is 0. The van der Waals surface area contributed by atoms with Gasteiger partial charge >= 0.3 is 5.69 Å². The number of nitrogens with zero attached hydrogens (tertiary/aromatic N) is 5. The second-order valence-corrected chi connectivity index (χ2v) is 7.39. The smallest absolute Gasteiger partial charge is 0.332 e. The lowest BCUT2D eigenvalue weighted by atomic mass is 10.2. The van der Waals surface area contributed by atoms with Gasteiger partial charge in [0.2, 0.25) is 0 Å². The quantitative estimate of drug-likeness (QED) is 0.645. The third kappa shape index (κ3) is 3.33. The Morgan fingerprint density at radius 2 is 1.72 bits per heavy atom. The molecule has 0 saturated carbocycles. The molecule has 0 bridgehead atoms. The van der Waals surface area contributed by atoms with Gasteiger partial charge in [-0.25, -0.2) is 9.78 Å². The molecule has 2 fully saturated rings. The molecule has 2 aromatic heterocycles. The molecule has 10 nitrogen and oxygen atoms in total. The fourth-order valence-corrected chi connectivity index (χ4v) is 3.84. The lowest BCUT2D eigenvalue weighted by Gasteiger charge is -2.35. The van der Waals surface area contributed by atoms with Crippen molar-refractivity contribution < 1.29 is 14.3 Å². The minimum absolute atomic E-state index is 0.00993. The third-order valence-electron chi connectivity index (χ3n) is 5.60. The highest BCUT2D eigenvalue weighted by atomic mass is 16.5. The van der Waals surface area contributed by atoms with Crippen LogP contribution < -0.4 is 11.2 Å². The van der Waals surface area contributed by atoms with E-state index in [9.17, 15) is 19.2 Å². The van der Waals surface area contributed by atoms with Gasteiger partial charge in [-0.2, -0.15) is 0 Å². The first-order valence-electron chi connectivity index (χ1n) is 9.65. The predicted molar refractivity (Wildman–Crippen MR) is 104 cm³/mol. The molecule has 10 heteroatoms. The lowest BCUT2D eigenvalue weighted by Crippen LogP contribution is -2.53. The number of piperazine rings is 1. The van der Waals surface area contributed by atoms with Gasteiger partial charge in [-0.1, -0.05) is 0 Å². The number of pyridine rings is 1. The second kappa shape index (κ2) is 7.43. The number of hydrogen-bond acceptors (Lipinski definition) is 6. The average molecular weight is 401 g/mol. The Morgan fingerprint density at radius 3 is 2.38 bits per heavy atom. The molecule has 4 heterocycles. The first-order chi connectivity index (χ1) is 13.9. The molecule has 4 rings (SSSR count). The highest BCUT2D eigenvalue weighted by Gasteiger charge is 2.31. The van der Waals surface area contributed by atoms with Gasteiger partial charge in [0.05, 0.1) is 5.39 Å². The maximum absolute atomic E-state index is 12.9. The highest BCUT2D eigenvalue weighted by molar-refractivity contribution is 5.94. The molecule has 2 aliphatic rings. The van der Waals surface area contributed by atoms with Gasteiger partial charge < -0.3 is 14.5 Å². The van der Waals surface area contributed by atoms with E-state index in [1.165, 1.54) is 30.8 Å². The summed E-state index contributed by atoms with van der Waals surface area (Å²) in [6.07, 6.45) is 1.29. The summed E-state index contributed by atoms with van der Waals surface area (Å²) in [5.74, 6) is -0.298. The fraction of sp³-hybridized carbons (Fsp3) is 0.526. The van der Waals surface area contributed by atoms with Gasteiger partial charge in [-0.15, -0.1) is 0 Å². The van der Waals surface area contributed by atoms with Crippen LogP contribution in [0.3, 0.4) is 0 Å². The molecule has 29 heavy (non-hydrogen) atoms. The van der Waals surface area contributed by atoms with Crippen LogP contribution in [-0.2, 0) is 23.6 Å². The van der Waals surface area contributed by atoms with Crippen molar-refractivity contribution >= 4 is 22.8 Å². The molecule has 1 unspecified atom stereocenters. The summed E-state index contributed by atoms with van der Waals surface area (Å²) in [7, 11) is 2.92. The van der Waals surface area contributed by atoms with Crippen molar-refractivity contribution in [3.8, 4) is 0 Å². The van der Waals surface area contributed by atoms with E-state index in [-0.39, 0.29) is 34.6 Å². The van der Waals surface area contributed by atoms with E-state index < -0.39 is 11.2 Å². The van der Waals surface area contributed by atoms with Crippen LogP contribution in [-0.4, -0.2) is 74.6 Å². The minimum atomic E-state index is -0.499. The molecule has 154 valence electrons. The SMILES string of the molecule is Cn1c(=O)c2ccc(C(=O)N3CCN(C(=O)C4CCCO4)CC3)nc2n(C)c1=O. The zero-order chi connectivity index (χ0) is 20.7. The number of aromatic nitrogens is 3. The van der Waals surface area contributed by atoms with Crippen LogP contribution in [0.25, 0.3) is 11.0 Å². The zero-order valence-electron chi connectivity index (χ0n) is 16.5. The fourth-order valence-electron chi connectivity index (χ4n) is 3.84. The summed E-state index contributed by atoms with van der Waals surface area (Å²) in [6.45, 7) is 2.29. The topological polar surface area (TPSA) is 107 Å². The molecule has 0 aliphatic carbocycles. The maximum Gasteiger partial charge on any atom is 0.332 e. The van der Waals surface area contributed by atoms with E-state index in [2.05, 4.69) is 4.98 Å². The van der Waals surface area contributed by atoms with E-state index in [4.69, 9.17) is 4.74 Å². The Morgan fingerprint density at radius 1 is 1.03 bits per heavy atom. The third-order valence-corrected chi connectivity index (χ3v) is 5.60. The highest BCUT2D eigenvalue weighted by Crippen LogP contribution is 2.17. The summed E-state index contributed by atoms with van der Waals surface area (Å²) in [5.41, 5.74) is -0.604.